The van der Waals surface area contributed by atoms with Crippen LogP contribution in [0, 0.1) is 5.92 Å². The fourth-order valence-corrected chi connectivity index (χ4v) is 1.84. The first-order chi connectivity index (χ1) is 8.49. The van der Waals surface area contributed by atoms with E-state index < -0.39 is 6.04 Å². The van der Waals surface area contributed by atoms with E-state index >= 15 is 0 Å². The number of carbonyl (C=O) groups excluding carboxylic acids is 1. The van der Waals surface area contributed by atoms with Crippen LogP contribution in [0.15, 0.2) is 6.20 Å². The monoisotopic (exact) mass is 252 g/mol. The Morgan fingerprint density at radius 3 is 2.78 bits per heavy atom. The molecule has 5 nitrogen and oxygen atoms in total. The number of nitrogens with two attached hydrogens (primary N) is 1. The van der Waals surface area contributed by atoms with Gasteiger partial charge in [0.1, 0.15) is 0 Å². The topological polar surface area (TPSA) is 72.9 Å². The maximum Gasteiger partial charge on any atom is 0.237 e. The Kier molecular flexibility index (Phi) is 5.34. The van der Waals surface area contributed by atoms with Crippen LogP contribution in [-0.4, -0.2) is 21.7 Å². The summed E-state index contributed by atoms with van der Waals surface area (Å²) in [7, 11) is 1.88. The number of nitrogens with zero attached hydrogens (tertiary/aromatic N) is 2. The van der Waals surface area contributed by atoms with Crippen molar-refractivity contribution in [2.24, 2.45) is 18.7 Å². The lowest BCUT2D eigenvalue weighted by molar-refractivity contribution is -0.123. The third-order valence-electron chi connectivity index (χ3n) is 3.34. The highest BCUT2D eigenvalue weighted by Crippen LogP contribution is 2.08. The van der Waals surface area contributed by atoms with Gasteiger partial charge in [-0.2, -0.15) is 5.10 Å². The molecule has 0 aliphatic heterocycles. The number of amides is 1. The van der Waals surface area contributed by atoms with E-state index in [0.29, 0.717) is 6.54 Å². The second kappa shape index (κ2) is 6.54. The fourth-order valence-electron chi connectivity index (χ4n) is 1.84. The summed E-state index contributed by atoms with van der Waals surface area (Å²) in [5, 5.41) is 7.22. The summed E-state index contributed by atoms with van der Waals surface area (Å²) in [5.41, 5.74) is 7.96. The standard InChI is InChI=1S/C13H24N4O/c1-5-9(3)12(14)13(18)15-7-10-8-17(4)16-11(10)6-2/h8-9,12H,5-7,14H2,1-4H3,(H,15,18)/t9-,12-/m0/s1. The molecule has 5 heteroatoms. The average molecular weight is 252 g/mol. The number of hydrogen-bond donors (Lipinski definition) is 2. The van der Waals surface area contributed by atoms with E-state index in [4.69, 9.17) is 5.73 Å². The minimum absolute atomic E-state index is 0.0877. The molecule has 1 aromatic heterocycles. The van der Waals surface area contributed by atoms with Gasteiger partial charge in [0.25, 0.3) is 0 Å². The van der Waals surface area contributed by atoms with E-state index in [1.807, 2.05) is 27.1 Å². The summed E-state index contributed by atoms with van der Waals surface area (Å²) in [4.78, 5) is 11.9. The molecule has 3 N–H and O–H groups in total. The molecule has 0 aliphatic carbocycles. The number of aromatic nitrogens is 2. The molecule has 2 atom stereocenters. The zero-order chi connectivity index (χ0) is 13.7. The Morgan fingerprint density at radius 2 is 2.22 bits per heavy atom. The lowest BCUT2D eigenvalue weighted by Gasteiger charge is -2.17. The van der Waals surface area contributed by atoms with Crippen molar-refractivity contribution in [2.45, 2.75) is 46.2 Å². The second-order valence-electron chi connectivity index (χ2n) is 4.76. The molecule has 1 aromatic rings. The molecule has 0 saturated carbocycles. The molecule has 0 saturated heterocycles. The second-order valence-corrected chi connectivity index (χ2v) is 4.76. The van der Waals surface area contributed by atoms with Gasteiger partial charge in [0, 0.05) is 25.4 Å². The van der Waals surface area contributed by atoms with Crippen LogP contribution in [0.25, 0.3) is 0 Å². The molecule has 1 amide bonds. The molecule has 0 aromatic carbocycles. The summed E-state index contributed by atoms with van der Waals surface area (Å²) in [6, 6.07) is -0.434. The highest BCUT2D eigenvalue weighted by Gasteiger charge is 2.19. The van der Waals surface area contributed by atoms with Gasteiger partial charge in [-0.3, -0.25) is 9.48 Å². The molecule has 1 rings (SSSR count). The van der Waals surface area contributed by atoms with Crippen molar-refractivity contribution < 1.29 is 4.79 Å². The van der Waals surface area contributed by atoms with Crippen LogP contribution in [-0.2, 0) is 24.8 Å². The molecule has 0 radical (unpaired) electrons. The van der Waals surface area contributed by atoms with Crippen molar-refractivity contribution in [1.29, 1.82) is 0 Å². The Hall–Kier alpha value is -1.36. The Labute approximate surface area is 109 Å². The van der Waals surface area contributed by atoms with Crippen molar-refractivity contribution in [3.05, 3.63) is 17.5 Å². The van der Waals surface area contributed by atoms with Crippen LogP contribution in [0.3, 0.4) is 0 Å². The van der Waals surface area contributed by atoms with Gasteiger partial charge >= 0.3 is 0 Å². The van der Waals surface area contributed by atoms with Crippen LogP contribution in [0.1, 0.15) is 38.4 Å². The highest BCUT2D eigenvalue weighted by atomic mass is 16.2. The summed E-state index contributed by atoms with van der Waals surface area (Å²) < 4.78 is 1.77. The van der Waals surface area contributed by atoms with Crippen LogP contribution >= 0.6 is 0 Å². The van der Waals surface area contributed by atoms with Crippen molar-refractivity contribution in [1.82, 2.24) is 15.1 Å². The number of rotatable bonds is 6. The quantitative estimate of drug-likeness (QED) is 0.792. The first-order valence-electron chi connectivity index (χ1n) is 6.54. The number of nitrogens with one attached hydrogen (secondary N) is 1. The van der Waals surface area contributed by atoms with Gasteiger partial charge in [0.2, 0.25) is 5.91 Å². The van der Waals surface area contributed by atoms with Crippen LogP contribution in [0.5, 0.6) is 0 Å². The molecule has 18 heavy (non-hydrogen) atoms. The highest BCUT2D eigenvalue weighted by molar-refractivity contribution is 5.81. The number of aryl methyl sites for hydroxylation is 2. The Morgan fingerprint density at radius 1 is 1.56 bits per heavy atom. The van der Waals surface area contributed by atoms with Crippen LogP contribution in [0.2, 0.25) is 0 Å². The molecular formula is C13H24N4O. The summed E-state index contributed by atoms with van der Waals surface area (Å²) >= 11 is 0. The lowest BCUT2D eigenvalue weighted by Crippen LogP contribution is -2.44. The zero-order valence-corrected chi connectivity index (χ0v) is 11.7. The smallest absolute Gasteiger partial charge is 0.237 e. The minimum Gasteiger partial charge on any atom is -0.351 e. The predicted octanol–water partition coefficient (Wildman–Crippen LogP) is 0.972. The van der Waals surface area contributed by atoms with Gasteiger partial charge in [0.05, 0.1) is 11.7 Å². The van der Waals surface area contributed by atoms with E-state index in [9.17, 15) is 4.79 Å². The van der Waals surface area contributed by atoms with Gasteiger partial charge < -0.3 is 11.1 Å². The van der Waals surface area contributed by atoms with E-state index in [-0.39, 0.29) is 11.8 Å². The first kappa shape index (κ1) is 14.7. The molecule has 102 valence electrons. The van der Waals surface area contributed by atoms with Gasteiger partial charge in [-0.25, -0.2) is 0 Å². The van der Waals surface area contributed by atoms with Crippen LogP contribution in [0.4, 0.5) is 0 Å². The third kappa shape index (κ3) is 3.57. The molecule has 0 aliphatic rings. The SMILES string of the molecule is CCc1nn(C)cc1CNC(=O)[C@@H](N)[C@@H](C)CC. The van der Waals surface area contributed by atoms with E-state index in [2.05, 4.69) is 17.3 Å². The zero-order valence-electron chi connectivity index (χ0n) is 11.7. The molecule has 0 unspecified atom stereocenters. The maximum absolute atomic E-state index is 11.9. The largest absolute Gasteiger partial charge is 0.351 e. The van der Waals surface area contributed by atoms with Crippen molar-refractivity contribution in [3.63, 3.8) is 0 Å². The fraction of sp³-hybridized carbons (Fsp3) is 0.692. The molecule has 0 fully saturated rings. The van der Waals surface area contributed by atoms with Crippen molar-refractivity contribution in [2.75, 3.05) is 0 Å². The Balaban J connectivity index is 2.57. The van der Waals surface area contributed by atoms with Gasteiger partial charge in [-0.15, -0.1) is 0 Å². The van der Waals surface area contributed by atoms with Crippen molar-refractivity contribution in [3.8, 4) is 0 Å². The summed E-state index contributed by atoms with van der Waals surface area (Å²) in [6.45, 7) is 6.58. The molecular weight excluding hydrogens is 228 g/mol. The summed E-state index contributed by atoms with van der Waals surface area (Å²) in [6.07, 6.45) is 3.71. The maximum atomic E-state index is 11.9. The summed E-state index contributed by atoms with van der Waals surface area (Å²) in [5.74, 6) is 0.111. The molecule has 0 bridgehead atoms. The Bertz CT molecular complexity index is 400. The van der Waals surface area contributed by atoms with Gasteiger partial charge in [-0.1, -0.05) is 27.2 Å². The molecule has 1 heterocycles. The minimum atomic E-state index is -0.434. The normalized spacial score (nSPS) is 14.3. The van der Waals surface area contributed by atoms with Crippen molar-refractivity contribution >= 4 is 5.91 Å². The van der Waals surface area contributed by atoms with E-state index in [1.54, 1.807) is 4.68 Å². The van der Waals surface area contributed by atoms with E-state index in [0.717, 1.165) is 24.1 Å². The number of carbonyl (C=O) groups is 1. The van der Waals surface area contributed by atoms with Crippen LogP contribution < -0.4 is 11.1 Å². The van der Waals surface area contributed by atoms with Gasteiger partial charge in [0.15, 0.2) is 0 Å². The molecule has 0 spiro atoms. The van der Waals surface area contributed by atoms with E-state index in [1.165, 1.54) is 0 Å². The van der Waals surface area contributed by atoms with Gasteiger partial charge in [-0.05, 0) is 12.3 Å². The third-order valence-corrected chi connectivity index (χ3v) is 3.34. The number of hydrogen-bond acceptors (Lipinski definition) is 3. The lowest BCUT2D eigenvalue weighted by atomic mass is 9.99. The first-order valence-corrected chi connectivity index (χ1v) is 6.54. The average Bonchev–Trinajstić information content (AvgIpc) is 2.74. The predicted molar refractivity (Wildman–Crippen MR) is 71.9 cm³/mol.